The number of benzene rings is 1. The minimum absolute atomic E-state index is 0.331. The van der Waals surface area contributed by atoms with E-state index in [2.05, 4.69) is 15.0 Å². The van der Waals surface area contributed by atoms with E-state index in [0.29, 0.717) is 5.56 Å². The van der Waals surface area contributed by atoms with Gasteiger partial charge in [-0.25, -0.2) is 4.79 Å². The van der Waals surface area contributed by atoms with Gasteiger partial charge in [-0.3, -0.25) is 0 Å². The van der Waals surface area contributed by atoms with E-state index in [0.717, 1.165) is 35.4 Å². The van der Waals surface area contributed by atoms with Crippen molar-refractivity contribution < 1.29 is 9.53 Å². The SMILES string of the molecule is COC(=O)c1ccc(NC(=S)N2CCSCC2)cc1. The van der Waals surface area contributed by atoms with Crippen LogP contribution in [0.4, 0.5) is 5.69 Å². The van der Waals surface area contributed by atoms with Crippen molar-refractivity contribution in [2.24, 2.45) is 0 Å². The van der Waals surface area contributed by atoms with Crippen molar-refractivity contribution in [1.29, 1.82) is 0 Å². The van der Waals surface area contributed by atoms with Crippen molar-refractivity contribution in [3.63, 3.8) is 0 Å². The summed E-state index contributed by atoms with van der Waals surface area (Å²) in [5.74, 6) is 1.90. The van der Waals surface area contributed by atoms with Crippen LogP contribution < -0.4 is 5.32 Å². The molecule has 0 radical (unpaired) electrons. The molecule has 19 heavy (non-hydrogen) atoms. The molecule has 0 unspecified atom stereocenters. The predicted octanol–water partition coefficient (Wildman–Crippen LogP) is 2.22. The van der Waals surface area contributed by atoms with Crippen molar-refractivity contribution in [3.05, 3.63) is 29.8 Å². The second-order valence-electron chi connectivity index (χ2n) is 4.10. The highest BCUT2D eigenvalue weighted by Crippen LogP contribution is 2.14. The van der Waals surface area contributed by atoms with Crippen molar-refractivity contribution >= 4 is 40.7 Å². The zero-order valence-electron chi connectivity index (χ0n) is 10.7. The van der Waals surface area contributed by atoms with Crippen LogP contribution >= 0.6 is 24.0 Å². The molecule has 1 aromatic carbocycles. The number of esters is 1. The third-order valence-electron chi connectivity index (χ3n) is 2.86. The second kappa shape index (κ2) is 6.77. The van der Waals surface area contributed by atoms with Gasteiger partial charge in [-0.1, -0.05) is 0 Å². The molecule has 0 aliphatic carbocycles. The molecule has 0 aromatic heterocycles. The van der Waals surface area contributed by atoms with Gasteiger partial charge in [0.1, 0.15) is 0 Å². The highest BCUT2D eigenvalue weighted by molar-refractivity contribution is 7.99. The average Bonchev–Trinajstić information content (AvgIpc) is 2.48. The summed E-state index contributed by atoms with van der Waals surface area (Å²) in [5, 5.41) is 3.93. The topological polar surface area (TPSA) is 41.6 Å². The van der Waals surface area contributed by atoms with Gasteiger partial charge >= 0.3 is 5.97 Å². The molecular formula is C13H16N2O2S2. The minimum Gasteiger partial charge on any atom is -0.465 e. The molecule has 4 nitrogen and oxygen atoms in total. The first-order chi connectivity index (χ1) is 9.20. The largest absolute Gasteiger partial charge is 0.465 e. The molecule has 0 amide bonds. The fourth-order valence-electron chi connectivity index (χ4n) is 1.78. The van der Waals surface area contributed by atoms with Gasteiger partial charge < -0.3 is 15.0 Å². The Labute approximate surface area is 122 Å². The summed E-state index contributed by atoms with van der Waals surface area (Å²) in [6.45, 7) is 1.97. The number of methoxy groups -OCH3 is 1. The van der Waals surface area contributed by atoms with Gasteiger partial charge in [-0.05, 0) is 36.5 Å². The van der Waals surface area contributed by atoms with Crippen LogP contribution in [0.25, 0.3) is 0 Å². The van der Waals surface area contributed by atoms with E-state index in [1.165, 1.54) is 7.11 Å². The average molecular weight is 296 g/mol. The molecule has 0 bridgehead atoms. The van der Waals surface area contributed by atoms with E-state index in [1.54, 1.807) is 12.1 Å². The number of carbonyl (C=O) groups is 1. The van der Waals surface area contributed by atoms with Gasteiger partial charge in [0.25, 0.3) is 0 Å². The minimum atomic E-state index is -0.331. The van der Waals surface area contributed by atoms with Crippen LogP contribution in [-0.2, 0) is 4.74 Å². The lowest BCUT2D eigenvalue weighted by molar-refractivity contribution is 0.0601. The third-order valence-corrected chi connectivity index (χ3v) is 4.16. The summed E-state index contributed by atoms with van der Waals surface area (Å²) >= 11 is 7.33. The van der Waals surface area contributed by atoms with Gasteiger partial charge in [0.15, 0.2) is 5.11 Å². The predicted molar refractivity (Wildman–Crippen MR) is 82.9 cm³/mol. The highest BCUT2D eigenvalue weighted by atomic mass is 32.2. The first-order valence-electron chi connectivity index (χ1n) is 6.03. The number of thiocarbonyl (C=S) groups is 1. The van der Waals surface area contributed by atoms with Crippen LogP contribution in [0.2, 0.25) is 0 Å². The zero-order chi connectivity index (χ0) is 13.7. The second-order valence-corrected chi connectivity index (χ2v) is 5.71. The molecule has 102 valence electrons. The van der Waals surface area contributed by atoms with E-state index in [1.807, 2.05) is 23.9 Å². The first-order valence-corrected chi connectivity index (χ1v) is 7.59. The molecule has 1 aliphatic rings. The van der Waals surface area contributed by atoms with E-state index in [4.69, 9.17) is 12.2 Å². The molecule has 1 aromatic rings. The van der Waals surface area contributed by atoms with Gasteiger partial charge in [-0.15, -0.1) is 0 Å². The van der Waals surface area contributed by atoms with Crippen LogP contribution in [0, 0.1) is 0 Å². The van der Waals surface area contributed by atoms with Crippen molar-refractivity contribution in [2.75, 3.05) is 37.0 Å². The van der Waals surface area contributed by atoms with E-state index >= 15 is 0 Å². The van der Waals surface area contributed by atoms with Crippen LogP contribution in [0.15, 0.2) is 24.3 Å². The Kier molecular flexibility index (Phi) is 5.04. The molecule has 2 rings (SSSR count). The number of nitrogens with one attached hydrogen (secondary N) is 1. The van der Waals surface area contributed by atoms with Gasteiger partial charge in [0, 0.05) is 30.3 Å². The lowest BCUT2D eigenvalue weighted by Crippen LogP contribution is -2.40. The molecule has 1 heterocycles. The molecule has 1 N–H and O–H groups in total. The lowest BCUT2D eigenvalue weighted by Gasteiger charge is -2.29. The van der Waals surface area contributed by atoms with Crippen LogP contribution in [-0.4, -0.2) is 47.7 Å². The maximum Gasteiger partial charge on any atom is 0.337 e. The quantitative estimate of drug-likeness (QED) is 0.667. The summed E-state index contributed by atoms with van der Waals surface area (Å²) in [6, 6.07) is 7.11. The smallest absolute Gasteiger partial charge is 0.337 e. The number of thioether (sulfide) groups is 1. The monoisotopic (exact) mass is 296 g/mol. The van der Waals surface area contributed by atoms with Gasteiger partial charge in [0.2, 0.25) is 0 Å². The molecule has 1 aliphatic heterocycles. The van der Waals surface area contributed by atoms with E-state index < -0.39 is 0 Å². The number of carbonyl (C=O) groups excluding carboxylic acids is 1. The molecule has 6 heteroatoms. The normalized spacial score (nSPS) is 14.9. The molecule has 0 atom stereocenters. The van der Waals surface area contributed by atoms with Gasteiger partial charge in [-0.2, -0.15) is 11.8 Å². The maximum absolute atomic E-state index is 11.3. The van der Waals surface area contributed by atoms with Crippen LogP contribution in [0.1, 0.15) is 10.4 Å². The Morgan fingerprint density at radius 2 is 1.95 bits per heavy atom. The molecule has 1 fully saturated rings. The van der Waals surface area contributed by atoms with Crippen molar-refractivity contribution in [2.45, 2.75) is 0 Å². The molecule has 0 saturated carbocycles. The van der Waals surface area contributed by atoms with Crippen molar-refractivity contribution in [1.82, 2.24) is 4.90 Å². The lowest BCUT2D eigenvalue weighted by atomic mass is 10.2. The molecule has 0 spiro atoms. The number of hydrogen-bond acceptors (Lipinski definition) is 4. The van der Waals surface area contributed by atoms with E-state index in [-0.39, 0.29) is 5.97 Å². The highest BCUT2D eigenvalue weighted by Gasteiger charge is 2.13. The summed E-state index contributed by atoms with van der Waals surface area (Å²) < 4.78 is 4.66. The number of rotatable bonds is 2. The first kappa shape index (κ1) is 14.1. The third kappa shape index (κ3) is 3.84. The Morgan fingerprint density at radius 1 is 1.32 bits per heavy atom. The van der Waals surface area contributed by atoms with Crippen LogP contribution in [0.5, 0.6) is 0 Å². The Hall–Kier alpha value is -1.27. The standard InChI is InChI=1S/C13H16N2O2S2/c1-17-12(16)10-2-4-11(5-3-10)14-13(18)15-6-8-19-9-7-15/h2-5H,6-9H2,1H3,(H,14,18). The summed E-state index contributed by atoms with van der Waals surface area (Å²) in [4.78, 5) is 13.5. The number of nitrogens with zero attached hydrogens (tertiary/aromatic N) is 1. The van der Waals surface area contributed by atoms with Gasteiger partial charge in [0.05, 0.1) is 12.7 Å². The van der Waals surface area contributed by atoms with E-state index in [9.17, 15) is 4.79 Å². The molecular weight excluding hydrogens is 280 g/mol. The number of ether oxygens (including phenoxy) is 1. The Bertz CT molecular complexity index is 456. The number of anilines is 1. The number of hydrogen-bond donors (Lipinski definition) is 1. The fourth-order valence-corrected chi connectivity index (χ4v) is 2.98. The molecule has 1 saturated heterocycles. The van der Waals surface area contributed by atoms with Crippen LogP contribution in [0.3, 0.4) is 0 Å². The fraction of sp³-hybridized carbons (Fsp3) is 0.385. The summed E-state index contributed by atoms with van der Waals surface area (Å²) in [6.07, 6.45) is 0. The summed E-state index contributed by atoms with van der Waals surface area (Å²) in [7, 11) is 1.37. The Balaban J connectivity index is 1.95. The van der Waals surface area contributed by atoms with Crippen molar-refractivity contribution in [3.8, 4) is 0 Å². The maximum atomic E-state index is 11.3. The Morgan fingerprint density at radius 3 is 2.53 bits per heavy atom. The summed E-state index contributed by atoms with van der Waals surface area (Å²) in [5.41, 5.74) is 1.42. The zero-order valence-corrected chi connectivity index (χ0v) is 12.4.